The van der Waals surface area contributed by atoms with Crippen LogP contribution in [-0.2, 0) is 9.59 Å². The number of aryl methyl sites for hydroxylation is 2. The molecule has 2 aromatic rings. The Morgan fingerprint density at radius 3 is 2.71 bits per heavy atom. The molecule has 0 unspecified atom stereocenters. The molecule has 0 radical (unpaired) electrons. The van der Waals surface area contributed by atoms with E-state index in [-0.39, 0.29) is 36.2 Å². The minimum absolute atomic E-state index is 0.166. The van der Waals surface area contributed by atoms with E-state index >= 15 is 0 Å². The van der Waals surface area contributed by atoms with Crippen LogP contribution in [-0.4, -0.2) is 30.2 Å². The van der Waals surface area contributed by atoms with Crippen molar-refractivity contribution in [3.63, 3.8) is 0 Å². The topological polar surface area (TPSA) is 100 Å². The number of hydrogen-bond acceptors (Lipinski definition) is 5. The number of amides is 3. The highest BCUT2D eigenvalue weighted by atomic mass is 16.5. The third-order valence-corrected chi connectivity index (χ3v) is 4.70. The number of ether oxygens (including phenoxy) is 1. The van der Waals surface area contributed by atoms with E-state index in [4.69, 9.17) is 4.74 Å². The molecule has 2 aromatic carbocycles. The van der Waals surface area contributed by atoms with Crippen LogP contribution >= 0.6 is 0 Å². The van der Waals surface area contributed by atoms with Gasteiger partial charge in [-0.1, -0.05) is 25.1 Å². The summed E-state index contributed by atoms with van der Waals surface area (Å²) in [4.78, 5) is 36.9. The molecule has 2 N–H and O–H groups in total. The quantitative estimate of drug-likeness (QED) is 0.544. The molecular weight excluding hydrogens is 396 g/mol. The Labute approximate surface area is 181 Å². The molecule has 0 bridgehead atoms. The highest BCUT2D eigenvalue weighted by Crippen LogP contribution is 2.26. The van der Waals surface area contributed by atoms with Crippen molar-refractivity contribution < 1.29 is 19.1 Å². The van der Waals surface area contributed by atoms with Crippen molar-refractivity contribution in [3.05, 3.63) is 53.6 Å². The number of anilines is 2. The summed E-state index contributed by atoms with van der Waals surface area (Å²) in [7, 11) is 0. The lowest BCUT2D eigenvalue weighted by molar-refractivity contribution is -0.127. The summed E-state index contributed by atoms with van der Waals surface area (Å²) in [5.74, 6) is -0.527. The van der Waals surface area contributed by atoms with Crippen molar-refractivity contribution in [2.24, 2.45) is 5.10 Å². The van der Waals surface area contributed by atoms with Gasteiger partial charge in [-0.05, 0) is 49.6 Å². The molecule has 1 aliphatic heterocycles. The van der Waals surface area contributed by atoms with Crippen molar-refractivity contribution in [3.8, 4) is 5.75 Å². The molecule has 3 rings (SSSR count). The van der Waals surface area contributed by atoms with Gasteiger partial charge < -0.3 is 15.4 Å². The van der Waals surface area contributed by atoms with E-state index in [1.54, 1.807) is 24.3 Å². The van der Waals surface area contributed by atoms with Gasteiger partial charge in [0.25, 0.3) is 0 Å². The fraction of sp³-hybridized carbons (Fsp3) is 0.304. The lowest BCUT2D eigenvalue weighted by Gasteiger charge is -2.24. The minimum Gasteiger partial charge on any atom is -0.422 e. The molecule has 8 nitrogen and oxygen atoms in total. The first-order valence-electron chi connectivity index (χ1n) is 10.2. The molecule has 31 heavy (non-hydrogen) atoms. The SMILES string of the molecule is CCCNC(=O)Nc1cccc(OC(=O)C2=NN(c3cc(C)ccc3C)C(=O)CC2)c1. The first-order chi connectivity index (χ1) is 14.9. The van der Waals surface area contributed by atoms with Crippen molar-refractivity contribution in [2.75, 3.05) is 16.9 Å². The highest BCUT2D eigenvalue weighted by Gasteiger charge is 2.27. The maximum Gasteiger partial charge on any atom is 0.359 e. The second-order valence-corrected chi connectivity index (χ2v) is 7.34. The van der Waals surface area contributed by atoms with Gasteiger partial charge in [-0.25, -0.2) is 9.59 Å². The molecule has 0 aliphatic carbocycles. The summed E-state index contributed by atoms with van der Waals surface area (Å²) in [6.45, 7) is 6.35. The van der Waals surface area contributed by atoms with Gasteiger partial charge in [0, 0.05) is 31.1 Å². The van der Waals surface area contributed by atoms with Gasteiger partial charge in [-0.3, -0.25) is 4.79 Å². The minimum atomic E-state index is -0.629. The monoisotopic (exact) mass is 422 g/mol. The van der Waals surface area contributed by atoms with Gasteiger partial charge in [-0.2, -0.15) is 10.1 Å². The molecular formula is C23H26N4O4. The molecule has 0 saturated carbocycles. The van der Waals surface area contributed by atoms with Crippen molar-refractivity contribution >= 4 is 35.0 Å². The van der Waals surface area contributed by atoms with E-state index < -0.39 is 5.97 Å². The molecule has 0 aromatic heterocycles. The van der Waals surface area contributed by atoms with E-state index in [0.717, 1.165) is 17.5 Å². The Kier molecular flexibility index (Phi) is 7.02. The van der Waals surface area contributed by atoms with Gasteiger partial charge in [-0.15, -0.1) is 0 Å². The summed E-state index contributed by atoms with van der Waals surface area (Å²) >= 11 is 0. The van der Waals surface area contributed by atoms with E-state index in [0.29, 0.717) is 17.9 Å². The van der Waals surface area contributed by atoms with Crippen LogP contribution in [0.1, 0.15) is 37.3 Å². The van der Waals surface area contributed by atoms with Crippen LogP contribution in [0.5, 0.6) is 5.75 Å². The Morgan fingerprint density at radius 1 is 1.13 bits per heavy atom. The molecule has 0 saturated heterocycles. The number of urea groups is 1. The van der Waals surface area contributed by atoms with Crippen LogP contribution < -0.4 is 20.4 Å². The van der Waals surface area contributed by atoms with Crippen LogP contribution in [0.3, 0.4) is 0 Å². The number of esters is 1. The van der Waals surface area contributed by atoms with E-state index in [9.17, 15) is 14.4 Å². The normalized spacial score (nSPS) is 13.5. The number of carbonyl (C=O) groups excluding carboxylic acids is 3. The maximum atomic E-state index is 12.7. The van der Waals surface area contributed by atoms with Gasteiger partial charge in [0.05, 0.1) is 5.69 Å². The molecule has 0 atom stereocenters. The largest absolute Gasteiger partial charge is 0.422 e. The summed E-state index contributed by atoms with van der Waals surface area (Å²) in [5.41, 5.74) is 3.19. The van der Waals surface area contributed by atoms with Crippen molar-refractivity contribution in [1.29, 1.82) is 0 Å². The first-order valence-corrected chi connectivity index (χ1v) is 10.2. The van der Waals surface area contributed by atoms with E-state index in [2.05, 4.69) is 15.7 Å². The van der Waals surface area contributed by atoms with E-state index in [1.807, 2.05) is 39.0 Å². The molecule has 8 heteroatoms. The Balaban J connectivity index is 1.74. The zero-order valence-electron chi connectivity index (χ0n) is 17.9. The number of benzene rings is 2. The smallest absolute Gasteiger partial charge is 0.359 e. The average Bonchev–Trinajstić information content (AvgIpc) is 2.74. The van der Waals surface area contributed by atoms with Crippen LogP contribution in [0, 0.1) is 13.8 Å². The number of hydrogen-bond donors (Lipinski definition) is 2. The standard InChI is InChI=1S/C23H26N4O4/c1-4-12-24-23(30)25-17-6-5-7-18(14-17)31-22(29)19-10-11-21(28)27(26-19)20-13-15(2)8-9-16(20)3/h5-9,13-14H,4,10-12H2,1-3H3,(H2,24,25,30). The fourth-order valence-corrected chi connectivity index (χ4v) is 3.05. The molecule has 162 valence electrons. The van der Waals surface area contributed by atoms with Gasteiger partial charge >= 0.3 is 12.0 Å². The third-order valence-electron chi connectivity index (χ3n) is 4.70. The number of nitrogens with zero attached hydrogens (tertiary/aromatic N) is 2. The molecule has 0 spiro atoms. The average molecular weight is 422 g/mol. The molecule has 0 fully saturated rings. The summed E-state index contributed by atoms with van der Waals surface area (Å²) in [5, 5.41) is 11.0. The lowest BCUT2D eigenvalue weighted by atomic mass is 10.1. The van der Waals surface area contributed by atoms with Gasteiger partial charge in [0.1, 0.15) is 11.5 Å². The van der Waals surface area contributed by atoms with Crippen LogP contribution in [0.15, 0.2) is 47.6 Å². The zero-order chi connectivity index (χ0) is 22.4. The summed E-state index contributed by atoms with van der Waals surface area (Å²) in [6.07, 6.45) is 1.20. The molecule has 3 amide bonds. The second-order valence-electron chi connectivity index (χ2n) is 7.34. The highest BCUT2D eigenvalue weighted by molar-refractivity contribution is 6.38. The number of carbonyl (C=O) groups is 3. The predicted octanol–water partition coefficient (Wildman–Crippen LogP) is 3.92. The third kappa shape index (κ3) is 5.69. The van der Waals surface area contributed by atoms with E-state index in [1.165, 1.54) is 5.01 Å². The fourth-order valence-electron chi connectivity index (χ4n) is 3.05. The summed E-state index contributed by atoms with van der Waals surface area (Å²) < 4.78 is 5.45. The molecule has 1 heterocycles. The van der Waals surface area contributed by atoms with Crippen LogP contribution in [0.2, 0.25) is 0 Å². The molecule has 1 aliphatic rings. The van der Waals surface area contributed by atoms with Crippen molar-refractivity contribution in [2.45, 2.75) is 40.0 Å². The lowest BCUT2D eigenvalue weighted by Crippen LogP contribution is -2.36. The summed E-state index contributed by atoms with van der Waals surface area (Å²) in [6, 6.07) is 11.9. The van der Waals surface area contributed by atoms with Crippen LogP contribution in [0.4, 0.5) is 16.2 Å². The first kappa shape index (κ1) is 22.0. The second kappa shape index (κ2) is 9.88. The van der Waals surface area contributed by atoms with Gasteiger partial charge in [0.15, 0.2) is 0 Å². The zero-order valence-corrected chi connectivity index (χ0v) is 17.9. The van der Waals surface area contributed by atoms with Gasteiger partial charge in [0.2, 0.25) is 5.91 Å². The number of nitrogens with one attached hydrogen (secondary N) is 2. The number of rotatable bonds is 6. The predicted molar refractivity (Wildman–Crippen MR) is 119 cm³/mol. The van der Waals surface area contributed by atoms with Crippen LogP contribution in [0.25, 0.3) is 0 Å². The Bertz CT molecular complexity index is 1030. The maximum absolute atomic E-state index is 12.7. The van der Waals surface area contributed by atoms with Crippen molar-refractivity contribution in [1.82, 2.24) is 5.32 Å². The Hall–Kier alpha value is -3.68. The Morgan fingerprint density at radius 2 is 1.94 bits per heavy atom. The number of hydrazone groups is 1.